The molecule has 0 heterocycles. The van der Waals surface area contributed by atoms with Crippen LogP contribution in [0, 0.1) is 17.2 Å². The largest absolute Gasteiger partial charge is 0.497 e. The van der Waals surface area contributed by atoms with Crippen molar-refractivity contribution in [3.8, 4) is 22.6 Å². The van der Waals surface area contributed by atoms with Crippen LogP contribution in [0.4, 0.5) is 4.39 Å². The third-order valence-corrected chi connectivity index (χ3v) is 6.97. The van der Waals surface area contributed by atoms with Crippen molar-refractivity contribution in [1.29, 1.82) is 0 Å². The highest BCUT2D eigenvalue weighted by atomic mass is 19.1. The number of benzene rings is 3. The predicted octanol–water partition coefficient (Wildman–Crippen LogP) is 7.13. The molecule has 0 aliphatic heterocycles. The van der Waals surface area contributed by atoms with Gasteiger partial charge in [0.05, 0.1) is 19.6 Å². The van der Waals surface area contributed by atoms with Crippen LogP contribution in [0.5, 0.6) is 11.5 Å². The summed E-state index contributed by atoms with van der Waals surface area (Å²) in [6.45, 7) is 6.06. The number of ether oxygens (including phenoxy) is 2. The van der Waals surface area contributed by atoms with E-state index in [4.69, 9.17) is 9.47 Å². The smallest absolute Gasteiger partial charge is 0.303 e. The van der Waals surface area contributed by atoms with Crippen LogP contribution in [0.25, 0.3) is 11.1 Å². The van der Waals surface area contributed by atoms with E-state index in [0.717, 1.165) is 24.0 Å². The van der Waals surface area contributed by atoms with Gasteiger partial charge in [0, 0.05) is 5.56 Å². The third kappa shape index (κ3) is 6.50. The number of aliphatic carboxylic acids is 1. The zero-order valence-corrected chi connectivity index (χ0v) is 21.8. The molecule has 2 atom stereocenters. The molecule has 5 nitrogen and oxygen atoms in total. The molecule has 37 heavy (non-hydrogen) atoms. The van der Waals surface area contributed by atoms with E-state index >= 15 is 0 Å². The highest BCUT2D eigenvalue weighted by Gasteiger charge is 2.34. The van der Waals surface area contributed by atoms with Gasteiger partial charge in [-0.15, -0.1) is 0 Å². The predicted molar refractivity (Wildman–Crippen MR) is 141 cm³/mol. The molecule has 4 rings (SSSR count). The number of hydrogen-bond donors (Lipinski definition) is 2. The average Bonchev–Trinajstić information content (AvgIpc) is 3.71. The third-order valence-electron chi connectivity index (χ3n) is 6.97. The second kappa shape index (κ2) is 10.9. The van der Waals surface area contributed by atoms with Crippen LogP contribution in [0.3, 0.4) is 0 Å². The molecule has 1 unspecified atom stereocenters. The van der Waals surface area contributed by atoms with Gasteiger partial charge in [0.1, 0.15) is 23.9 Å². The molecule has 1 aliphatic rings. The number of rotatable bonds is 10. The Kier molecular flexibility index (Phi) is 7.88. The molecule has 196 valence electrons. The zero-order chi connectivity index (χ0) is 26.7. The van der Waals surface area contributed by atoms with Crippen LogP contribution >= 0.6 is 0 Å². The van der Waals surface area contributed by atoms with Crippen LogP contribution in [0.1, 0.15) is 68.7 Å². The Morgan fingerprint density at radius 2 is 1.78 bits per heavy atom. The Labute approximate surface area is 217 Å². The lowest BCUT2D eigenvalue weighted by molar-refractivity contribution is -0.137. The summed E-state index contributed by atoms with van der Waals surface area (Å²) < 4.78 is 26.2. The van der Waals surface area contributed by atoms with E-state index in [-0.39, 0.29) is 18.9 Å². The van der Waals surface area contributed by atoms with E-state index in [1.165, 1.54) is 13.2 Å². The Morgan fingerprint density at radius 3 is 2.43 bits per heavy atom. The normalized spacial score (nSPS) is 15.2. The molecular weight excluding hydrogens is 471 g/mol. The molecule has 2 N–H and O–H groups in total. The SMILES string of the molecule is COc1ccc(F)c(-c2ccc(COc3cccc([C@H](CC(=O)O)C4CC4)c3)cc2C(O)C(C)(C)C)c1. The Bertz CT molecular complexity index is 1260. The van der Waals surface area contributed by atoms with Crippen molar-refractivity contribution >= 4 is 5.97 Å². The molecule has 3 aromatic carbocycles. The Hall–Kier alpha value is -3.38. The van der Waals surface area contributed by atoms with E-state index in [1.54, 1.807) is 12.1 Å². The van der Waals surface area contributed by atoms with Crippen molar-refractivity contribution in [2.24, 2.45) is 11.3 Å². The van der Waals surface area contributed by atoms with Gasteiger partial charge in [-0.05, 0) is 88.7 Å². The summed E-state index contributed by atoms with van der Waals surface area (Å²) in [6, 6.07) is 17.8. The summed E-state index contributed by atoms with van der Waals surface area (Å²) >= 11 is 0. The van der Waals surface area contributed by atoms with Gasteiger partial charge in [0.25, 0.3) is 0 Å². The lowest BCUT2D eigenvalue weighted by Gasteiger charge is -2.28. The van der Waals surface area contributed by atoms with Gasteiger partial charge < -0.3 is 19.7 Å². The van der Waals surface area contributed by atoms with Crippen molar-refractivity contribution in [3.63, 3.8) is 0 Å². The first kappa shape index (κ1) is 26.7. The molecule has 6 heteroatoms. The molecule has 0 bridgehead atoms. The molecule has 1 saturated carbocycles. The van der Waals surface area contributed by atoms with Gasteiger partial charge in [0.2, 0.25) is 0 Å². The maximum Gasteiger partial charge on any atom is 0.303 e. The van der Waals surface area contributed by atoms with E-state index in [0.29, 0.717) is 34.1 Å². The van der Waals surface area contributed by atoms with Crippen LogP contribution in [0.2, 0.25) is 0 Å². The summed E-state index contributed by atoms with van der Waals surface area (Å²) in [4.78, 5) is 11.4. The minimum atomic E-state index is -0.841. The number of methoxy groups -OCH3 is 1. The van der Waals surface area contributed by atoms with Gasteiger partial charge >= 0.3 is 5.97 Å². The maximum atomic E-state index is 14.8. The molecule has 0 amide bonds. The first-order valence-electron chi connectivity index (χ1n) is 12.7. The molecule has 0 saturated heterocycles. The molecule has 1 aliphatic carbocycles. The lowest BCUT2D eigenvalue weighted by atomic mass is 9.81. The number of hydrogen-bond acceptors (Lipinski definition) is 4. The molecule has 0 radical (unpaired) electrons. The summed E-state index contributed by atoms with van der Waals surface area (Å²) in [6.07, 6.45) is 1.39. The van der Waals surface area contributed by atoms with Gasteiger partial charge in [-0.25, -0.2) is 4.39 Å². The number of carbonyl (C=O) groups is 1. The topological polar surface area (TPSA) is 76.0 Å². The van der Waals surface area contributed by atoms with E-state index in [1.807, 2.05) is 63.2 Å². The first-order valence-corrected chi connectivity index (χ1v) is 12.7. The Morgan fingerprint density at radius 1 is 1.03 bits per heavy atom. The number of halogens is 1. The van der Waals surface area contributed by atoms with E-state index in [9.17, 15) is 19.4 Å². The van der Waals surface area contributed by atoms with Crippen LogP contribution < -0.4 is 9.47 Å². The highest BCUT2D eigenvalue weighted by Crippen LogP contribution is 2.45. The van der Waals surface area contributed by atoms with Crippen molar-refractivity contribution in [1.82, 2.24) is 0 Å². The van der Waals surface area contributed by atoms with Gasteiger partial charge in [-0.3, -0.25) is 4.79 Å². The summed E-state index contributed by atoms with van der Waals surface area (Å²) in [7, 11) is 1.53. The zero-order valence-electron chi connectivity index (χ0n) is 21.8. The fourth-order valence-corrected chi connectivity index (χ4v) is 4.72. The highest BCUT2D eigenvalue weighted by molar-refractivity contribution is 5.70. The summed E-state index contributed by atoms with van der Waals surface area (Å²) in [5.74, 6) is 0.418. The standard InChI is InChI=1S/C31H35FO5/c1-31(2,3)30(35)27-14-19(8-12-24(27)26-16-22(36-4)11-13-28(26)32)18-37-23-7-5-6-21(15-23)25(17-29(33)34)20-9-10-20/h5-8,11-16,20,25,30,35H,9-10,17-18H2,1-4H3,(H,33,34)/t25-,30?/m1/s1. The van der Waals surface area contributed by atoms with Crippen molar-refractivity contribution in [3.05, 3.63) is 83.2 Å². The fraction of sp³-hybridized carbons (Fsp3) is 0.387. The number of aliphatic hydroxyl groups excluding tert-OH is 1. The molecular formula is C31H35FO5. The second-order valence-corrected chi connectivity index (χ2v) is 10.9. The lowest BCUT2D eigenvalue weighted by Crippen LogP contribution is -2.19. The molecule has 1 fully saturated rings. The minimum Gasteiger partial charge on any atom is -0.497 e. The number of carboxylic acid groups (broad SMARTS) is 1. The van der Waals surface area contributed by atoms with Crippen molar-refractivity contribution < 1.29 is 28.9 Å². The van der Waals surface area contributed by atoms with Gasteiger partial charge in [0.15, 0.2) is 0 Å². The van der Waals surface area contributed by atoms with E-state index < -0.39 is 23.3 Å². The summed E-state index contributed by atoms with van der Waals surface area (Å²) in [5, 5.41) is 20.6. The van der Waals surface area contributed by atoms with Crippen LogP contribution in [-0.2, 0) is 11.4 Å². The fourth-order valence-electron chi connectivity index (χ4n) is 4.72. The maximum absolute atomic E-state index is 14.8. The monoisotopic (exact) mass is 506 g/mol. The van der Waals surface area contributed by atoms with Gasteiger partial charge in [-0.1, -0.05) is 45.0 Å². The molecule has 0 aromatic heterocycles. The second-order valence-electron chi connectivity index (χ2n) is 10.9. The van der Waals surface area contributed by atoms with Crippen molar-refractivity contribution in [2.45, 2.75) is 58.7 Å². The van der Waals surface area contributed by atoms with Gasteiger partial charge in [-0.2, -0.15) is 0 Å². The van der Waals surface area contributed by atoms with Crippen molar-refractivity contribution in [2.75, 3.05) is 7.11 Å². The molecule has 0 spiro atoms. The Balaban J connectivity index is 1.61. The summed E-state index contributed by atoms with van der Waals surface area (Å²) in [5.41, 5.74) is 2.92. The number of carboxylic acids is 1. The van der Waals surface area contributed by atoms with E-state index in [2.05, 4.69) is 0 Å². The number of aliphatic hydroxyl groups is 1. The molecule has 3 aromatic rings. The average molecular weight is 507 g/mol. The van der Waals surface area contributed by atoms with Crippen LogP contribution in [-0.4, -0.2) is 23.3 Å². The quantitative estimate of drug-likeness (QED) is 0.306. The van der Waals surface area contributed by atoms with Crippen LogP contribution in [0.15, 0.2) is 60.7 Å². The first-order chi connectivity index (χ1) is 17.6. The minimum absolute atomic E-state index is 0.00775.